The number of ether oxygens (including phenoxy) is 1. The number of phenolic OH excluding ortho intramolecular Hbond substituents is 1. The average molecular weight is 289 g/mol. The van der Waals surface area contributed by atoms with Gasteiger partial charge in [-0.25, -0.2) is 0 Å². The van der Waals surface area contributed by atoms with Gasteiger partial charge in [-0.3, -0.25) is 0 Å². The van der Waals surface area contributed by atoms with Crippen molar-refractivity contribution in [2.24, 2.45) is 0 Å². The fourth-order valence-corrected chi connectivity index (χ4v) is 2.03. The summed E-state index contributed by atoms with van der Waals surface area (Å²) >= 11 is 11.1. The van der Waals surface area contributed by atoms with Crippen molar-refractivity contribution >= 4 is 23.2 Å². The first-order valence-corrected chi connectivity index (χ1v) is 6.75. The van der Waals surface area contributed by atoms with Crippen molar-refractivity contribution in [3.8, 4) is 11.5 Å². The van der Waals surface area contributed by atoms with Gasteiger partial charge >= 0.3 is 0 Å². The highest BCUT2D eigenvalue weighted by Gasteiger charge is 2.13. The third kappa shape index (κ3) is 3.56. The predicted octanol–water partition coefficient (Wildman–Crippen LogP) is 4.52. The van der Waals surface area contributed by atoms with E-state index in [0.717, 1.165) is 35.3 Å². The Labute approximate surface area is 118 Å². The fraction of sp³-hybridized carbons (Fsp3) is 0.429. The van der Waals surface area contributed by atoms with E-state index in [4.69, 9.17) is 27.9 Å². The minimum atomic E-state index is 0.192. The van der Waals surface area contributed by atoms with Crippen LogP contribution in [0.25, 0.3) is 0 Å². The van der Waals surface area contributed by atoms with Crippen LogP contribution in [0, 0.1) is 6.92 Å². The molecule has 0 aliphatic carbocycles. The Morgan fingerprint density at radius 2 is 2.00 bits per heavy atom. The third-order valence-corrected chi connectivity index (χ3v) is 3.24. The van der Waals surface area contributed by atoms with Crippen LogP contribution in [0.15, 0.2) is 16.6 Å². The van der Waals surface area contributed by atoms with Crippen molar-refractivity contribution in [1.82, 2.24) is 0 Å². The topological polar surface area (TPSA) is 29.5 Å². The molecule has 0 saturated carbocycles. The van der Waals surface area contributed by atoms with Crippen molar-refractivity contribution in [1.29, 1.82) is 0 Å². The van der Waals surface area contributed by atoms with E-state index in [1.165, 1.54) is 0 Å². The maximum atomic E-state index is 10.1. The number of halogens is 2. The van der Waals surface area contributed by atoms with Gasteiger partial charge in [0.1, 0.15) is 22.6 Å². The molecule has 0 aliphatic rings. The summed E-state index contributed by atoms with van der Waals surface area (Å²) in [4.78, 5) is 0. The van der Waals surface area contributed by atoms with Gasteiger partial charge in [-0.15, -0.1) is 0 Å². The van der Waals surface area contributed by atoms with E-state index in [9.17, 15) is 5.11 Å². The molecule has 0 heterocycles. The Kier molecular flexibility index (Phi) is 5.83. The molecule has 0 aromatic heterocycles. The van der Waals surface area contributed by atoms with Crippen LogP contribution in [0.2, 0.25) is 0 Å². The lowest BCUT2D eigenvalue weighted by molar-refractivity contribution is 0.357. The molecule has 0 radical (unpaired) electrons. The number of hydrogen-bond donors (Lipinski definition) is 1. The summed E-state index contributed by atoms with van der Waals surface area (Å²) in [6.45, 7) is 6.28. The first-order valence-electron chi connectivity index (χ1n) is 5.99. The molecule has 0 bridgehead atoms. The van der Waals surface area contributed by atoms with Crippen LogP contribution >= 0.6 is 23.2 Å². The summed E-state index contributed by atoms with van der Waals surface area (Å²) in [5.41, 5.74) is 2.80. The number of aromatic hydroxyl groups is 1. The number of phenols is 1. The number of hydrogen-bond acceptors (Lipinski definition) is 2. The Bertz CT molecular complexity index is 450. The quantitative estimate of drug-likeness (QED) is 0.863. The van der Waals surface area contributed by atoms with Crippen molar-refractivity contribution in [2.75, 3.05) is 6.61 Å². The zero-order valence-electron chi connectivity index (χ0n) is 10.9. The second-order valence-electron chi connectivity index (χ2n) is 4.00. The van der Waals surface area contributed by atoms with Crippen LogP contribution in [-0.2, 0) is 12.8 Å². The Morgan fingerprint density at radius 1 is 1.33 bits per heavy atom. The van der Waals surface area contributed by atoms with Gasteiger partial charge in [-0.2, -0.15) is 0 Å². The first kappa shape index (κ1) is 15.2. The standard InChI is InChI=1S/C14H18Cl2O2/c1-4-10-8-12(18-7-6-13(15)16)9(3)11(5-2)14(10)17/h6,8,17H,4-5,7H2,1-3H3. The van der Waals surface area contributed by atoms with Gasteiger partial charge in [-0.05, 0) is 43.0 Å². The van der Waals surface area contributed by atoms with Gasteiger partial charge in [0.15, 0.2) is 0 Å². The number of rotatable bonds is 5. The maximum absolute atomic E-state index is 10.1. The summed E-state index contributed by atoms with van der Waals surface area (Å²) in [7, 11) is 0. The predicted molar refractivity (Wildman–Crippen MR) is 76.9 cm³/mol. The SMILES string of the molecule is CCc1cc(OCC=C(Cl)Cl)c(C)c(CC)c1O. The summed E-state index contributed by atoms with van der Waals surface area (Å²) in [6.07, 6.45) is 3.13. The summed E-state index contributed by atoms with van der Waals surface area (Å²) in [6, 6.07) is 1.87. The molecule has 0 fully saturated rings. The lowest BCUT2D eigenvalue weighted by Gasteiger charge is -2.15. The van der Waals surface area contributed by atoms with Crippen molar-refractivity contribution < 1.29 is 9.84 Å². The Hall–Kier alpha value is -0.860. The maximum Gasteiger partial charge on any atom is 0.123 e. The molecule has 1 rings (SSSR count). The molecule has 0 aliphatic heterocycles. The average Bonchev–Trinajstić information content (AvgIpc) is 2.32. The molecule has 100 valence electrons. The van der Waals surface area contributed by atoms with Crippen molar-refractivity contribution in [3.63, 3.8) is 0 Å². The number of benzene rings is 1. The highest BCUT2D eigenvalue weighted by molar-refractivity contribution is 6.55. The lowest BCUT2D eigenvalue weighted by atomic mass is 9.98. The van der Waals surface area contributed by atoms with Gasteiger partial charge in [0.05, 0.1) is 0 Å². The molecular formula is C14H18Cl2O2. The van der Waals surface area contributed by atoms with E-state index < -0.39 is 0 Å². The first-order chi connectivity index (χ1) is 8.51. The van der Waals surface area contributed by atoms with Gasteiger partial charge in [0.25, 0.3) is 0 Å². The van der Waals surface area contributed by atoms with E-state index in [0.29, 0.717) is 12.4 Å². The monoisotopic (exact) mass is 288 g/mol. The van der Waals surface area contributed by atoms with Crippen LogP contribution in [0.3, 0.4) is 0 Å². The van der Waals surface area contributed by atoms with Gasteiger partial charge in [-0.1, -0.05) is 37.0 Å². The highest BCUT2D eigenvalue weighted by Crippen LogP contribution is 2.34. The number of aryl methyl sites for hydroxylation is 1. The Balaban J connectivity index is 3.08. The van der Waals surface area contributed by atoms with Crippen LogP contribution in [0.4, 0.5) is 0 Å². The minimum Gasteiger partial charge on any atom is -0.507 e. The molecule has 0 spiro atoms. The molecular weight excluding hydrogens is 271 g/mol. The molecule has 0 unspecified atom stereocenters. The van der Waals surface area contributed by atoms with Crippen molar-refractivity contribution in [2.45, 2.75) is 33.6 Å². The molecule has 18 heavy (non-hydrogen) atoms. The molecule has 0 saturated heterocycles. The zero-order chi connectivity index (χ0) is 13.7. The smallest absolute Gasteiger partial charge is 0.123 e. The summed E-state index contributed by atoms with van der Waals surface area (Å²) in [5.74, 6) is 1.16. The Morgan fingerprint density at radius 3 is 2.50 bits per heavy atom. The third-order valence-electron chi connectivity index (χ3n) is 2.93. The van der Waals surface area contributed by atoms with Crippen LogP contribution < -0.4 is 4.74 Å². The van der Waals surface area contributed by atoms with Crippen LogP contribution in [0.1, 0.15) is 30.5 Å². The van der Waals surface area contributed by atoms with Gasteiger partial charge in [0, 0.05) is 5.56 Å². The molecule has 4 heteroatoms. The molecule has 0 amide bonds. The van der Waals surface area contributed by atoms with E-state index in [2.05, 4.69) is 0 Å². The van der Waals surface area contributed by atoms with Crippen LogP contribution in [-0.4, -0.2) is 11.7 Å². The lowest BCUT2D eigenvalue weighted by Crippen LogP contribution is -2.01. The summed E-state index contributed by atoms with van der Waals surface area (Å²) in [5, 5.41) is 10.1. The molecule has 1 aromatic rings. The largest absolute Gasteiger partial charge is 0.507 e. The van der Waals surface area contributed by atoms with E-state index in [1.54, 1.807) is 6.08 Å². The molecule has 1 aromatic carbocycles. The second-order valence-corrected chi connectivity index (χ2v) is 5.01. The highest BCUT2D eigenvalue weighted by atomic mass is 35.5. The second kappa shape index (κ2) is 6.91. The summed E-state index contributed by atoms with van der Waals surface area (Å²) < 4.78 is 5.82. The van der Waals surface area contributed by atoms with E-state index in [1.807, 2.05) is 26.8 Å². The fourth-order valence-electron chi connectivity index (χ4n) is 1.90. The minimum absolute atomic E-state index is 0.192. The molecule has 2 nitrogen and oxygen atoms in total. The van der Waals surface area contributed by atoms with Crippen LogP contribution in [0.5, 0.6) is 11.5 Å². The zero-order valence-corrected chi connectivity index (χ0v) is 12.4. The van der Waals surface area contributed by atoms with Gasteiger partial charge in [0.2, 0.25) is 0 Å². The van der Waals surface area contributed by atoms with E-state index in [-0.39, 0.29) is 4.49 Å². The van der Waals surface area contributed by atoms with Crippen molar-refractivity contribution in [3.05, 3.63) is 33.3 Å². The van der Waals surface area contributed by atoms with Gasteiger partial charge < -0.3 is 9.84 Å². The molecule has 0 atom stereocenters. The normalized spacial score (nSPS) is 10.3. The van der Waals surface area contributed by atoms with E-state index >= 15 is 0 Å². The molecule has 1 N–H and O–H groups in total.